The number of halogens is 3. The number of rotatable bonds is 4. The second-order valence-corrected chi connectivity index (χ2v) is 7.86. The van der Waals surface area contributed by atoms with Gasteiger partial charge in [-0.1, -0.05) is 11.6 Å². The summed E-state index contributed by atoms with van der Waals surface area (Å²) in [6, 6.07) is 8.38. The predicted octanol–water partition coefficient (Wildman–Crippen LogP) is 5.06. The van der Waals surface area contributed by atoms with Crippen molar-refractivity contribution in [1.29, 1.82) is 5.26 Å². The number of thiophene rings is 1. The van der Waals surface area contributed by atoms with E-state index in [1.54, 1.807) is 18.2 Å². The van der Waals surface area contributed by atoms with E-state index >= 15 is 0 Å². The predicted molar refractivity (Wildman–Crippen MR) is 85.7 cm³/mol. The molecule has 0 aliphatic heterocycles. The minimum atomic E-state index is -0.140. The molecule has 2 rings (SSSR count). The SMILES string of the molecule is N#Cc1ccc(OCC(=O)c2cc(Br)sc2Br)cc1Cl. The second kappa shape index (κ2) is 6.72. The third kappa shape index (κ3) is 3.61. The van der Waals surface area contributed by atoms with Gasteiger partial charge in [0, 0.05) is 11.6 Å². The van der Waals surface area contributed by atoms with Crippen LogP contribution in [0.25, 0.3) is 0 Å². The molecule has 20 heavy (non-hydrogen) atoms. The Morgan fingerprint density at radius 1 is 1.40 bits per heavy atom. The Kier molecular flexibility index (Phi) is 5.22. The molecule has 0 radical (unpaired) electrons. The van der Waals surface area contributed by atoms with E-state index in [1.807, 2.05) is 6.07 Å². The first-order valence-electron chi connectivity index (χ1n) is 5.31. The van der Waals surface area contributed by atoms with E-state index in [0.29, 0.717) is 21.9 Å². The van der Waals surface area contributed by atoms with Crippen molar-refractivity contribution < 1.29 is 9.53 Å². The zero-order chi connectivity index (χ0) is 14.7. The van der Waals surface area contributed by atoms with Gasteiger partial charge >= 0.3 is 0 Å². The highest BCUT2D eigenvalue weighted by Gasteiger charge is 2.14. The molecule has 7 heteroatoms. The first-order valence-corrected chi connectivity index (χ1v) is 8.10. The molecule has 0 fully saturated rings. The molecule has 1 aromatic heterocycles. The van der Waals surface area contributed by atoms with E-state index in [-0.39, 0.29) is 12.4 Å². The number of ketones is 1. The van der Waals surface area contributed by atoms with Crippen LogP contribution in [0, 0.1) is 11.3 Å². The van der Waals surface area contributed by atoms with E-state index in [1.165, 1.54) is 17.4 Å². The average Bonchev–Trinajstić information content (AvgIpc) is 2.75. The number of Topliss-reactive ketones (excluding diaryl/α,β-unsaturated/α-hetero) is 1. The van der Waals surface area contributed by atoms with Crippen LogP contribution in [-0.4, -0.2) is 12.4 Å². The zero-order valence-corrected chi connectivity index (χ0v) is 14.6. The van der Waals surface area contributed by atoms with E-state index in [2.05, 4.69) is 31.9 Å². The number of ether oxygens (including phenoxy) is 1. The first kappa shape index (κ1) is 15.5. The van der Waals surface area contributed by atoms with Crippen LogP contribution in [0.5, 0.6) is 5.75 Å². The summed E-state index contributed by atoms with van der Waals surface area (Å²) in [4.78, 5) is 12.0. The fraction of sp³-hybridized carbons (Fsp3) is 0.0769. The number of carbonyl (C=O) groups is 1. The summed E-state index contributed by atoms with van der Waals surface area (Å²) in [5, 5.41) is 9.07. The van der Waals surface area contributed by atoms with Gasteiger partial charge in [0.15, 0.2) is 6.61 Å². The maximum absolute atomic E-state index is 12.0. The molecule has 0 amide bonds. The summed E-state index contributed by atoms with van der Waals surface area (Å²) in [5.41, 5.74) is 0.941. The molecule has 0 aliphatic rings. The van der Waals surface area contributed by atoms with Crippen LogP contribution in [0.3, 0.4) is 0 Å². The first-order chi connectivity index (χ1) is 9.51. The fourth-order valence-electron chi connectivity index (χ4n) is 1.43. The van der Waals surface area contributed by atoms with Gasteiger partial charge in [-0.2, -0.15) is 5.26 Å². The van der Waals surface area contributed by atoms with Gasteiger partial charge in [0.05, 0.1) is 18.2 Å². The molecule has 102 valence electrons. The highest BCUT2D eigenvalue weighted by atomic mass is 79.9. The molecular formula is C13H6Br2ClNO2S. The summed E-state index contributed by atoms with van der Waals surface area (Å²) < 4.78 is 7.02. The average molecular weight is 436 g/mol. The van der Waals surface area contributed by atoms with Crippen molar-refractivity contribution in [2.24, 2.45) is 0 Å². The standard InChI is InChI=1S/C13H6Br2ClNO2S/c14-12-4-9(13(15)20-12)11(18)6-19-8-2-1-7(5-17)10(16)3-8/h1-4H,6H2. The van der Waals surface area contributed by atoms with Crippen LogP contribution in [0.4, 0.5) is 0 Å². The molecular weight excluding hydrogens is 429 g/mol. The Bertz CT molecular complexity index is 709. The molecule has 0 unspecified atom stereocenters. The monoisotopic (exact) mass is 433 g/mol. The number of nitriles is 1. The van der Waals surface area contributed by atoms with Gasteiger partial charge < -0.3 is 4.74 Å². The quantitative estimate of drug-likeness (QED) is 0.631. The van der Waals surface area contributed by atoms with E-state index in [4.69, 9.17) is 21.6 Å². The van der Waals surface area contributed by atoms with Crippen LogP contribution < -0.4 is 4.74 Å². The molecule has 0 N–H and O–H groups in total. The largest absolute Gasteiger partial charge is 0.485 e. The van der Waals surface area contributed by atoms with Crippen molar-refractivity contribution in [2.75, 3.05) is 6.61 Å². The Labute approximate surface area is 141 Å². The minimum Gasteiger partial charge on any atom is -0.485 e. The second-order valence-electron chi connectivity index (χ2n) is 3.70. The normalized spacial score (nSPS) is 10.1. The summed E-state index contributed by atoms with van der Waals surface area (Å²) in [6.45, 7) is -0.0933. The van der Waals surface area contributed by atoms with Crippen LogP contribution in [0.1, 0.15) is 15.9 Å². The lowest BCUT2D eigenvalue weighted by Gasteiger charge is -2.06. The number of hydrogen-bond donors (Lipinski definition) is 0. The highest BCUT2D eigenvalue weighted by Crippen LogP contribution is 2.32. The summed E-state index contributed by atoms with van der Waals surface area (Å²) in [6.07, 6.45) is 0. The van der Waals surface area contributed by atoms with Crippen molar-refractivity contribution in [3.05, 3.63) is 48.0 Å². The molecule has 0 spiro atoms. The van der Waals surface area contributed by atoms with E-state index in [0.717, 1.165) is 7.57 Å². The van der Waals surface area contributed by atoms with Crippen molar-refractivity contribution in [2.45, 2.75) is 0 Å². The molecule has 0 saturated carbocycles. The summed E-state index contributed by atoms with van der Waals surface area (Å²) >= 11 is 14.0. The van der Waals surface area contributed by atoms with Crippen LogP contribution in [0.15, 0.2) is 31.8 Å². The maximum atomic E-state index is 12.0. The molecule has 1 aromatic carbocycles. The van der Waals surface area contributed by atoms with Crippen molar-refractivity contribution in [3.8, 4) is 11.8 Å². The Morgan fingerprint density at radius 2 is 2.15 bits per heavy atom. The van der Waals surface area contributed by atoms with Gasteiger partial charge in [0.25, 0.3) is 0 Å². The number of nitrogens with zero attached hydrogens (tertiary/aromatic N) is 1. The molecule has 1 heterocycles. The third-order valence-corrected chi connectivity index (χ3v) is 5.04. The zero-order valence-electron chi connectivity index (χ0n) is 9.82. The van der Waals surface area contributed by atoms with Crippen LogP contribution in [-0.2, 0) is 0 Å². The van der Waals surface area contributed by atoms with E-state index in [9.17, 15) is 4.79 Å². The Hall–Kier alpha value is -0.870. The topological polar surface area (TPSA) is 50.1 Å². The molecule has 2 aromatic rings. The van der Waals surface area contributed by atoms with E-state index < -0.39 is 0 Å². The smallest absolute Gasteiger partial charge is 0.202 e. The van der Waals surface area contributed by atoms with Gasteiger partial charge in [0.2, 0.25) is 5.78 Å². The fourth-order valence-corrected chi connectivity index (χ4v) is 4.50. The van der Waals surface area contributed by atoms with Gasteiger partial charge in [-0.15, -0.1) is 11.3 Å². The molecule has 0 saturated heterocycles. The van der Waals surface area contributed by atoms with Gasteiger partial charge in [-0.25, -0.2) is 0 Å². The lowest BCUT2D eigenvalue weighted by molar-refractivity contribution is 0.0921. The minimum absolute atomic E-state index is 0.0933. The van der Waals surface area contributed by atoms with Crippen molar-refractivity contribution >= 4 is 60.6 Å². The summed E-state index contributed by atoms with van der Waals surface area (Å²) in [5.74, 6) is 0.312. The molecule has 0 atom stereocenters. The summed E-state index contributed by atoms with van der Waals surface area (Å²) in [7, 11) is 0. The number of benzene rings is 1. The molecule has 0 aliphatic carbocycles. The lowest BCUT2D eigenvalue weighted by atomic mass is 10.2. The van der Waals surface area contributed by atoms with Crippen LogP contribution >= 0.6 is 54.8 Å². The van der Waals surface area contributed by atoms with Crippen LogP contribution in [0.2, 0.25) is 5.02 Å². The highest BCUT2D eigenvalue weighted by molar-refractivity contribution is 9.12. The third-order valence-electron chi connectivity index (χ3n) is 2.39. The number of hydrogen-bond acceptors (Lipinski definition) is 4. The molecule has 0 bridgehead atoms. The number of carbonyl (C=O) groups excluding carboxylic acids is 1. The van der Waals surface area contributed by atoms with Crippen molar-refractivity contribution in [1.82, 2.24) is 0 Å². The van der Waals surface area contributed by atoms with Gasteiger partial charge in [-0.05, 0) is 50.1 Å². The van der Waals surface area contributed by atoms with Crippen molar-refractivity contribution in [3.63, 3.8) is 0 Å². The lowest BCUT2D eigenvalue weighted by Crippen LogP contribution is -2.11. The Morgan fingerprint density at radius 3 is 2.70 bits per heavy atom. The Balaban J connectivity index is 2.06. The van der Waals surface area contributed by atoms with Gasteiger partial charge in [-0.3, -0.25) is 4.79 Å². The van der Waals surface area contributed by atoms with Gasteiger partial charge in [0.1, 0.15) is 11.8 Å². The molecule has 3 nitrogen and oxygen atoms in total. The maximum Gasteiger partial charge on any atom is 0.202 e.